The molecule has 0 bridgehead atoms. The highest BCUT2D eigenvalue weighted by Crippen LogP contribution is 2.27. The van der Waals surface area contributed by atoms with E-state index in [1.807, 2.05) is 0 Å². The molecule has 1 fully saturated rings. The average Bonchev–Trinajstić information content (AvgIpc) is 2.99. The maximum Gasteiger partial charge on any atom is 0.0277 e. The van der Waals surface area contributed by atoms with Gasteiger partial charge in [0.2, 0.25) is 0 Å². The van der Waals surface area contributed by atoms with E-state index in [0.29, 0.717) is 5.92 Å². The van der Waals surface area contributed by atoms with Gasteiger partial charge in [0.15, 0.2) is 0 Å². The summed E-state index contributed by atoms with van der Waals surface area (Å²) in [6.45, 7) is 2.18. The first-order valence-electron chi connectivity index (χ1n) is 4.99. The largest absolute Gasteiger partial charge is 0.0945 e. The SMILES string of the molecule is CCc1ccccc1C#CC1CC1. The van der Waals surface area contributed by atoms with Gasteiger partial charge < -0.3 is 0 Å². The Morgan fingerprint density at radius 2 is 2.08 bits per heavy atom. The van der Waals surface area contributed by atoms with E-state index >= 15 is 0 Å². The Morgan fingerprint density at radius 1 is 1.31 bits per heavy atom. The Labute approximate surface area is 80.0 Å². The second-order valence-corrected chi connectivity index (χ2v) is 3.55. The summed E-state index contributed by atoms with van der Waals surface area (Å²) in [4.78, 5) is 0. The molecule has 0 radical (unpaired) electrons. The summed E-state index contributed by atoms with van der Waals surface area (Å²) in [6, 6.07) is 8.43. The number of aryl methyl sites for hydroxylation is 1. The van der Waals surface area contributed by atoms with Crippen molar-refractivity contribution in [1.29, 1.82) is 0 Å². The molecule has 13 heavy (non-hydrogen) atoms. The molecule has 1 saturated carbocycles. The van der Waals surface area contributed by atoms with Gasteiger partial charge in [0, 0.05) is 11.5 Å². The molecule has 66 valence electrons. The lowest BCUT2D eigenvalue weighted by Gasteiger charge is -1.98. The molecule has 2 rings (SSSR count). The zero-order valence-corrected chi connectivity index (χ0v) is 8.01. The smallest absolute Gasteiger partial charge is 0.0277 e. The van der Waals surface area contributed by atoms with Crippen LogP contribution in [0, 0.1) is 17.8 Å². The lowest BCUT2D eigenvalue weighted by molar-refractivity contribution is 1.13. The highest BCUT2D eigenvalue weighted by atomic mass is 14.2. The van der Waals surface area contributed by atoms with Crippen LogP contribution in [0.3, 0.4) is 0 Å². The summed E-state index contributed by atoms with van der Waals surface area (Å²) in [5.74, 6) is 7.27. The zero-order valence-electron chi connectivity index (χ0n) is 8.01. The van der Waals surface area contributed by atoms with Crippen LogP contribution >= 0.6 is 0 Å². The third-order valence-corrected chi connectivity index (χ3v) is 2.39. The van der Waals surface area contributed by atoms with Crippen molar-refractivity contribution in [3.05, 3.63) is 35.4 Å². The topological polar surface area (TPSA) is 0 Å². The van der Waals surface area contributed by atoms with Crippen LogP contribution in [0.15, 0.2) is 24.3 Å². The quantitative estimate of drug-likeness (QED) is 0.568. The van der Waals surface area contributed by atoms with E-state index in [-0.39, 0.29) is 0 Å². The minimum Gasteiger partial charge on any atom is -0.0945 e. The molecular weight excluding hydrogens is 156 g/mol. The summed E-state index contributed by atoms with van der Waals surface area (Å²) in [5, 5.41) is 0. The van der Waals surface area contributed by atoms with E-state index in [2.05, 4.69) is 43.0 Å². The lowest BCUT2D eigenvalue weighted by atomic mass is 10.1. The second-order valence-electron chi connectivity index (χ2n) is 3.55. The van der Waals surface area contributed by atoms with Crippen LogP contribution in [0.5, 0.6) is 0 Å². The summed E-state index contributed by atoms with van der Waals surface area (Å²) in [7, 11) is 0. The molecule has 0 atom stereocenters. The van der Waals surface area contributed by atoms with E-state index in [1.54, 1.807) is 0 Å². The van der Waals surface area contributed by atoms with Crippen molar-refractivity contribution in [2.24, 2.45) is 5.92 Å². The Morgan fingerprint density at radius 3 is 2.77 bits per heavy atom. The predicted molar refractivity (Wildman–Crippen MR) is 55.4 cm³/mol. The van der Waals surface area contributed by atoms with Gasteiger partial charge in [0.1, 0.15) is 0 Å². The van der Waals surface area contributed by atoms with E-state index in [9.17, 15) is 0 Å². The molecule has 0 spiro atoms. The Bertz CT molecular complexity index is 348. The van der Waals surface area contributed by atoms with Gasteiger partial charge in [0.05, 0.1) is 0 Å². The minimum absolute atomic E-state index is 0.699. The minimum atomic E-state index is 0.699. The molecule has 0 saturated heterocycles. The maximum absolute atomic E-state index is 3.30. The van der Waals surface area contributed by atoms with Crippen molar-refractivity contribution in [2.75, 3.05) is 0 Å². The second kappa shape index (κ2) is 3.66. The average molecular weight is 170 g/mol. The standard InChI is InChI=1S/C13H14/c1-2-12-5-3-4-6-13(12)10-9-11-7-8-11/h3-6,11H,2,7-8H2,1H3. The van der Waals surface area contributed by atoms with Crippen molar-refractivity contribution in [1.82, 2.24) is 0 Å². The lowest BCUT2D eigenvalue weighted by Crippen LogP contribution is -1.85. The molecule has 0 N–H and O–H groups in total. The summed E-state index contributed by atoms with van der Waals surface area (Å²) in [6.07, 6.45) is 3.69. The summed E-state index contributed by atoms with van der Waals surface area (Å²) >= 11 is 0. The number of hydrogen-bond acceptors (Lipinski definition) is 0. The highest BCUT2D eigenvalue weighted by molar-refractivity contribution is 5.41. The molecule has 0 unspecified atom stereocenters. The summed E-state index contributed by atoms with van der Waals surface area (Å²) in [5.41, 5.74) is 2.59. The molecule has 1 aliphatic carbocycles. The molecule has 0 nitrogen and oxygen atoms in total. The predicted octanol–water partition coefficient (Wildman–Crippen LogP) is 3.01. The zero-order chi connectivity index (χ0) is 9.10. The fourth-order valence-corrected chi connectivity index (χ4v) is 1.36. The summed E-state index contributed by atoms with van der Waals surface area (Å²) < 4.78 is 0. The third-order valence-electron chi connectivity index (χ3n) is 2.39. The monoisotopic (exact) mass is 170 g/mol. The van der Waals surface area contributed by atoms with Gasteiger partial charge in [-0.3, -0.25) is 0 Å². The van der Waals surface area contributed by atoms with E-state index in [0.717, 1.165) is 6.42 Å². The Balaban J connectivity index is 2.23. The fourth-order valence-electron chi connectivity index (χ4n) is 1.36. The van der Waals surface area contributed by atoms with E-state index in [4.69, 9.17) is 0 Å². The highest BCUT2D eigenvalue weighted by Gasteiger charge is 2.17. The molecular formula is C13H14. The number of benzene rings is 1. The normalized spacial score (nSPS) is 14.8. The van der Waals surface area contributed by atoms with Gasteiger partial charge in [-0.2, -0.15) is 0 Å². The van der Waals surface area contributed by atoms with Gasteiger partial charge >= 0.3 is 0 Å². The molecule has 0 heteroatoms. The van der Waals surface area contributed by atoms with E-state index < -0.39 is 0 Å². The molecule has 0 aromatic heterocycles. The van der Waals surface area contributed by atoms with Gasteiger partial charge in [-0.1, -0.05) is 37.0 Å². The van der Waals surface area contributed by atoms with Crippen LogP contribution in [0.1, 0.15) is 30.9 Å². The van der Waals surface area contributed by atoms with Gasteiger partial charge in [-0.15, -0.1) is 0 Å². The van der Waals surface area contributed by atoms with Crippen LogP contribution < -0.4 is 0 Å². The first-order valence-corrected chi connectivity index (χ1v) is 4.99. The number of rotatable bonds is 1. The van der Waals surface area contributed by atoms with Crippen LogP contribution in [-0.4, -0.2) is 0 Å². The maximum atomic E-state index is 3.30. The van der Waals surface area contributed by atoms with Crippen molar-refractivity contribution < 1.29 is 0 Å². The van der Waals surface area contributed by atoms with Crippen LogP contribution in [0.2, 0.25) is 0 Å². The van der Waals surface area contributed by atoms with Crippen LogP contribution in [0.25, 0.3) is 0 Å². The van der Waals surface area contributed by atoms with Gasteiger partial charge in [-0.25, -0.2) is 0 Å². The van der Waals surface area contributed by atoms with Crippen molar-refractivity contribution in [3.8, 4) is 11.8 Å². The first kappa shape index (κ1) is 8.38. The van der Waals surface area contributed by atoms with Crippen LogP contribution in [-0.2, 0) is 6.42 Å². The van der Waals surface area contributed by atoms with Crippen molar-refractivity contribution in [3.63, 3.8) is 0 Å². The Kier molecular flexibility index (Phi) is 2.36. The first-order chi connectivity index (χ1) is 6.40. The molecule has 1 aromatic rings. The molecule has 0 amide bonds. The molecule has 1 aromatic carbocycles. The third kappa shape index (κ3) is 2.12. The van der Waals surface area contributed by atoms with Crippen molar-refractivity contribution >= 4 is 0 Å². The number of hydrogen-bond donors (Lipinski definition) is 0. The van der Waals surface area contributed by atoms with Gasteiger partial charge in [-0.05, 0) is 30.9 Å². The van der Waals surface area contributed by atoms with Gasteiger partial charge in [0.25, 0.3) is 0 Å². The fraction of sp³-hybridized carbons (Fsp3) is 0.385. The molecule has 1 aliphatic rings. The molecule has 0 aliphatic heterocycles. The van der Waals surface area contributed by atoms with E-state index in [1.165, 1.54) is 24.0 Å². The van der Waals surface area contributed by atoms with Crippen LogP contribution in [0.4, 0.5) is 0 Å². The Hall–Kier alpha value is -1.22. The van der Waals surface area contributed by atoms with Crippen molar-refractivity contribution in [2.45, 2.75) is 26.2 Å². The molecule has 0 heterocycles.